The average Bonchev–Trinajstić information content (AvgIpc) is 2.30. The first-order chi connectivity index (χ1) is 8.69. The smallest absolute Gasteiger partial charge is 0.222 e. The molecule has 2 rings (SSSR count). The number of carbonyl (C=O) groups is 1. The van der Waals surface area contributed by atoms with E-state index in [0.29, 0.717) is 13.0 Å². The van der Waals surface area contributed by atoms with Crippen LogP contribution in [-0.2, 0) is 16.1 Å². The molecule has 1 amide bonds. The van der Waals surface area contributed by atoms with Crippen molar-refractivity contribution in [3.05, 3.63) is 34.9 Å². The van der Waals surface area contributed by atoms with E-state index in [1.54, 1.807) is 0 Å². The second-order valence-corrected chi connectivity index (χ2v) is 5.04. The highest BCUT2D eigenvalue weighted by molar-refractivity contribution is 6.30. The lowest BCUT2D eigenvalue weighted by atomic mass is 10.1. The van der Waals surface area contributed by atoms with E-state index in [1.165, 1.54) is 0 Å². The SMILES string of the molecule is CCCC(=O)N1CC(OCc2ccc(Cl)cc2)C1. The van der Waals surface area contributed by atoms with E-state index in [4.69, 9.17) is 16.3 Å². The number of benzene rings is 1. The van der Waals surface area contributed by atoms with Crippen molar-refractivity contribution in [2.45, 2.75) is 32.5 Å². The van der Waals surface area contributed by atoms with E-state index in [9.17, 15) is 4.79 Å². The summed E-state index contributed by atoms with van der Waals surface area (Å²) >= 11 is 5.81. The number of nitrogens with zero attached hydrogens (tertiary/aromatic N) is 1. The summed E-state index contributed by atoms with van der Waals surface area (Å²) in [4.78, 5) is 13.4. The third kappa shape index (κ3) is 3.47. The predicted octanol–water partition coefficient (Wildman–Crippen LogP) is 2.87. The number of likely N-dealkylation sites (tertiary alicyclic amines) is 1. The van der Waals surface area contributed by atoms with Crippen LogP contribution in [0.15, 0.2) is 24.3 Å². The monoisotopic (exact) mass is 267 g/mol. The molecule has 0 aromatic heterocycles. The molecule has 98 valence electrons. The number of carbonyl (C=O) groups excluding carboxylic acids is 1. The van der Waals surface area contributed by atoms with E-state index < -0.39 is 0 Å². The van der Waals surface area contributed by atoms with Gasteiger partial charge in [-0.1, -0.05) is 30.7 Å². The first-order valence-electron chi connectivity index (χ1n) is 6.33. The molecule has 1 aliphatic rings. The molecule has 1 fully saturated rings. The maximum absolute atomic E-state index is 11.5. The van der Waals surface area contributed by atoms with Gasteiger partial charge >= 0.3 is 0 Å². The van der Waals surface area contributed by atoms with Crippen molar-refractivity contribution < 1.29 is 9.53 Å². The first kappa shape index (κ1) is 13.4. The Bertz CT molecular complexity index is 399. The topological polar surface area (TPSA) is 29.5 Å². The molecule has 1 aliphatic heterocycles. The fraction of sp³-hybridized carbons (Fsp3) is 0.500. The van der Waals surface area contributed by atoms with Crippen LogP contribution in [0.1, 0.15) is 25.3 Å². The second-order valence-electron chi connectivity index (χ2n) is 4.61. The zero-order valence-corrected chi connectivity index (χ0v) is 11.3. The summed E-state index contributed by atoms with van der Waals surface area (Å²) in [6.07, 6.45) is 1.73. The van der Waals surface area contributed by atoms with Crippen molar-refractivity contribution in [3.8, 4) is 0 Å². The minimum atomic E-state index is 0.182. The first-order valence-corrected chi connectivity index (χ1v) is 6.70. The highest BCUT2D eigenvalue weighted by atomic mass is 35.5. The van der Waals surface area contributed by atoms with Crippen molar-refractivity contribution >= 4 is 17.5 Å². The Kier molecular flexibility index (Phi) is 4.61. The number of halogens is 1. The zero-order valence-electron chi connectivity index (χ0n) is 10.6. The molecule has 1 aromatic rings. The van der Waals surface area contributed by atoms with Crippen molar-refractivity contribution in [1.82, 2.24) is 4.90 Å². The Labute approximate surface area is 113 Å². The van der Waals surface area contributed by atoms with Gasteiger partial charge in [-0.25, -0.2) is 0 Å². The largest absolute Gasteiger partial charge is 0.370 e. The molecule has 1 aromatic carbocycles. The minimum absolute atomic E-state index is 0.182. The molecule has 0 N–H and O–H groups in total. The summed E-state index contributed by atoms with van der Waals surface area (Å²) < 4.78 is 5.73. The van der Waals surface area contributed by atoms with E-state index >= 15 is 0 Å². The molecule has 3 nitrogen and oxygen atoms in total. The fourth-order valence-electron chi connectivity index (χ4n) is 1.91. The lowest BCUT2D eigenvalue weighted by molar-refractivity contribution is -0.145. The van der Waals surface area contributed by atoms with Crippen LogP contribution in [0.4, 0.5) is 0 Å². The molecule has 0 atom stereocenters. The third-order valence-corrected chi connectivity index (χ3v) is 3.32. The summed E-state index contributed by atoms with van der Waals surface area (Å²) in [5, 5.41) is 0.735. The number of hydrogen-bond acceptors (Lipinski definition) is 2. The predicted molar refractivity (Wildman–Crippen MR) is 71.5 cm³/mol. The summed E-state index contributed by atoms with van der Waals surface area (Å²) in [5.74, 6) is 0.240. The fourth-order valence-corrected chi connectivity index (χ4v) is 2.04. The molecule has 1 saturated heterocycles. The van der Waals surface area contributed by atoms with Crippen LogP contribution in [0.3, 0.4) is 0 Å². The van der Waals surface area contributed by atoms with Crippen LogP contribution in [-0.4, -0.2) is 30.0 Å². The van der Waals surface area contributed by atoms with Gasteiger partial charge in [0, 0.05) is 24.5 Å². The number of hydrogen-bond donors (Lipinski definition) is 0. The Balaban J connectivity index is 1.68. The van der Waals surface area contributed by atoms with E-state index in [-0.39, 0.29) is 12.0 Å². The lowest BCUT2D eigenvalue weighted by Crippen LogP contribution is -2.54. The van der Waals surface area contributed by atoms with Crippen LogP contribution in [0, 0.1) is 0 Å². The minimum Gasteiger partial charge on any atom is -0.370 e. The van der Waals surface area contributed by atoms with Crippen molar-refractivity contribution in [2.75, 3.05) is 13.1 Å². The Hall–Kier alpha value is -1.06. The van der Waals surface area contributed by atoms with Crippen LogP contribution >= 0.6 is 11.6 Å². The molecule has 1 heterocycles. The number of ether oxygens (including phenoxy) is 1. The molecule has 0 saturated carbocycles. The van der Waals surface area contributed by atoms with Gasteiger partial charge in [-0.15, -0.1) is 0 Å². The highest BCUT2D eigenvalue weighted by Crippen LogP contribution is 2.16. The normalized spacial score (nSPS) is 15.6. The molecule has 4 heteroatoms. The maximum atomic E-state index is 11.5. The van der Waals surface area contributed by atoms with Gasteiger partial charge in [0.05, 0.1) is 12.7 Å². The summed E-state index contributed by atoms with van der Waals surface area (Å²) in [7, 11) is 0. The quantitative estimate of drug-likeness (QED) is 0.821. The van der Waals surface area contributed by atoms with Gasteiger partial charge in [0.1, 0.15) is 0 Å². The van der Waals surface area contributed by atoms with Gasteiger partial charge in [-0.3, -0.25) is 4.79 Å². The van der Waals surface area contributed by atoms with Gasteiger partial charge in [-0.2, -0.15) is 0 Å². The van der Waals surface area contributed by atoms with Crippen molar-refractivity contribution in [1.29, 1.82) is 0 Å². The Morgan fingerprint density at radius 1 is 1.39 bits per heavy atom. The maximum Gasteiger partial charge on any atom is 0.222 e. The second kappa shape index (κ2) is 6.21. The summed E-state index contributed by atoms with van der Waals surface area (Å²) in [6.45, 7) is 4.06. The number of amides is 1. The van der Waals surface area contributed by atoms with E-state index in [1.807, 2.05) is 36.1 Å². The molecule has 0 unspecified atom stereocenters. The molecule has 0 radical (unpaired) electrons. The van der Waals surface area contributed by atoms with Crippen LogP contribution in [0.2, 0.25) is 5.02 Å². The van der Waals surface area contributed by atoms with Gasteiger partial charge < -0.3 is 9.64 Å². The van der Waals surface area contributed by atoms with Crippen LogP contribution in [0.5, 0.6) is 0 Å². The molecule has 0 aliphatic carbocycles. The third-order valence-electron chi connectivity index (χ3n) is 3.06. The van der Waals surface area contributed by atoms with E-state index in [2.05, 4.69) is 0 Å². The lowest BCUT2D eigenvalue weighted by Gasteiger charge is -2.39. The summed E-state index contributed by atoms with van der Waals surface area (Å²) in [6, 6.07) is 7.64. The highest BCUT2D eigenvalue weighted by Gasteiger charge is 2.30. The molecular formula is C14H18ClNO2. The van der Waals surface area contributed by atoms with E-state index in [0.717, 1.165) is 30.1 Å². The standard InChI is InChI=1S/C14H18ClNO2/c1-2-3-14(17)16-8-13(9-16)18-10-11-4-6-12(15)7-5-11/h4-7,13H,2-3,8-10H2,1H3. The molecule has 0 spiro atoms. The Morgan fingerprint density at radius 3 is 2.67 bits per heavy atom. The van der Waals surface area contributed by atoms with Gasteiger partial charge in [0.25, 0.3) is 0 Å². The van der Waals surface area contributed by atoms with Crippen LogP contribution in [0.25, 0.3) is 0 Å². The zero-order chi connectivity index (χ0) is 13.0. The van der Waals surface area contributed by atoms with Crippen molar-refractivity contribution in [3.63, 3.8) is 0 Å². The van der Waals surface area contributed by atoms with Crippen molar-refractivity contribution in [2.24, 2.45) is 0 Å². The van der Waals surface area contributed by atoms with Gasteiger partial charge in [0.2, 0.25) is 5.91 Å². The molecule has 18 heavy (non-hydrogen) atoms. The number of rotatable bonds is 5. The molecular weight excluding hydrogens is 250 g/mol. The average molecular weight is 268 g/mol. The van der Waals surface area contributed by atoms with Gasteiger partial charge in [0.15, 0.2) is 0 Å². The van der Waals surface area contributed by atoms with Crippen LogP contribution < -0.4 is 0 Å². The molecule has 0 bridgehead atoms. The Morgan fingerprint density at radius 2 is 2.06 bits per heavy atom. The van der Waals surface area contributed by atoms with Gasteiger partial charge in [-0.05, 0) is 24.1 Å². The summed E-state index contributed by atoms with van der Waals surface area (Å²) in [5.41, 5.74) is 1.11.